The molecule has 1 aliphatic rings. The van der Waals surface area contributed by atoms with Gasteiger partial charge in [0, 0.05) is 6.42 Å². The molecule has 0 aliphatic carbocycles. The van der Waals surface area contributed by atoms with E-state index >= 15 is 0 Å². The summed E-state index contributed by atoms with van der Waals surface area (Å²) in [5.41, 5.74) is 1.05. The fourth-order valence-corrected chi connectivity index (χ4v) is 2.23. The van der Waals surface area contributed by atoms with E-state index in [1.54, 1.807) is 7.11 Å². The monoisotopic (exact) mass is 285 g/mol. The van der Waals surface area contributed by atoms with Crippen LogP contribution in [0, 0.1) is 0 Å². The van der Waals surface area contributed by atoms with E-state index in [2.05, 4.69) is 21.2 Å². The van der Waals surface area contributed by atoms with Gasteiger partial charge in [-0.1, -0.05) is 6.07 Å². The molecule has 1 amide bonds. The Labute approximate surface area is 102 Å². The third-order valence-corrected chi connectivity index (χ3v) is 3.13. The van der Waals surface area contributed by atoms with Crippen LogP contribution in [0.4, 0.5) is 4.79 Å². The van der Waals surface area contributed by atoms with Crippen molar-refractivity contribution in [2.75, 3.05) is 13.7 Å². The highest BCUT2D eigenvalue weighted by atomic mass is 79.9. The van der Waals surface area contributed by atoms with Crippen LogP contribution in [-0.4, -0.2) is 19.8 Å². The maximum atomic E-state index is 11.1. The molecule has 0 bridgehead atoms. The molecule has 2 rings (SSSR count). The minimum atomic E-state index is -0.358. The predicted octanol–water partition coefficient (Wildman–Crippen LogP) is 2.63. The Balaban J connectivity index is 2.20. The summed E-state index contributed by atoms with van der Waals surface area (Å²) in [7, 11) is 1.62. The van der Waals surface area contributed by atoms with Crippen molar-refractivity contribution in [3.05, 3.63) is 28.2 Å². The number of hydrogen-bond acceptors (Lipinski definition) is 3. The fraction of sp³-hybridized carbons (Fsp3) is 0.364. The Morgan fingerprint density at radius 3 is 3.00 bits per heavy atom. The molecule has 0 saturated carbocycles. The van der Waals surface area contributed by atoms with Gasteiger partial charge in [-0.3, -0.25) is 0 Å². The molecule has 86 valence electrons. The molecule has 1 aliphatic heterocycles. The number of benzene rings is 1. The van der Waals surface area contributed by atoms with E-state index in [4.69, 9.17) is 9.47 Å². The van der Waals surface area contributed by atoms with Gasteiger partial charge in [0.05, 0.1) is 24.2 Å². The first kappa shape index (κ1) is 11.3. The lowest BCUT2D eigenvalue weighted by atomic mass is 10.0. The van der Waals surface area contributed by atoms with E-state index in [1.807, 2.05) is 18.2 Å². The molecule has 0 unspecified atom stereocenters. The van der Waals surface area contributed by atoms with Crippen LogP contribution in [0.1, 0.15) is 18.0 Å². The van der Waals surface area contributed by atoms with E-state index in [9.17, 15) is 4.79 Å². The first-order valence-corrected chi connectivity index (χ1v) is 5.76. The SMILES string of the molecule is COc1ccc([C@@H]2CCOC(=O)N2)cc1Br. The molecule has 5 heteroatoms. The molecule has 1 fully saturated rings. The van der Waals surface area contributed by atoms with Gasteiger partial charge in [0.25, 0.3) is 0 Å². The molecule has 0 aromatic heterocycles. The third-order valence-electron chi connectivity index (χ3n) is 2.51. The van der Waals surface area contributed by atoms with Crippen LogP contribution in [0.25, 0.3) is 0 Å². The van der Waals surface area contributed by atoms with Crippen LogP contribution >= 0.6 is 15.9 Å². The third kappa shape index (κ3) is 2.29. The first-order chi connectivity index (χ1) is 7.70. The number of amides is 1. The quantitative estimate of drug-likeness (QED) is 0.909. The minimum absolute atomic E-state index is 0.0171. The van der Waals surface area contributed by atoms with Crippen LogP contribution in [-0.2, 0) is 4.74 Å². The number of hydrogen-bond donors (Lipinski definition) is 1. The summed E-state index contributed by atoms with van der Waals surface area (Å²) in [6.07, 6.45) is 0.424. The van der Waals surface area contributed by atoms with Crippen molar-refractivity contribution >= 4 is 22.0 Å². The number of methoxy groups -OCH3 is 1. The van der Waals surface area contributed by atoms with Gasteiger partial charge in [0.15, 0.2) is 0 Å². The molecule has 1 aromatic rings. The number of carbonyl (C=O) groups is 1. The smallest absolute Gasteiger partial charge is 0.407 e. The molecule has 1 saturated heterocycles. The van der Waals surface area contributed by atoms with Gasteiger partial charge < -0.3 is 14.8 Å². The lowest BCUT2D eigenvalue weighted by Crippen LogP contribution is -2.35. The standard InChI is InChI=1S/C11H12BrNO3/c1-15-10-3-2-7(6-8(10)12)9-4-5-16-11(14)13-9/h2-3,6,9H,4-5H2,1H3,(H,13,14)/t9-/m0/s1. The number of ether oxygens (including phenoxy) is 2. The fourth-order valence-electron chi connectivity index (χ4n) is 1.67. The second-order valence-corrected chi connectivity index (χ2v) is 4.37. The van der Waals surface area contributed by atoms with E-state index < -0.39 is 0 Å². The predicted molar refractivity (Wildman–Crippen MR) is 62.5 cm³/mol. The Morgan fingerprint density at radius 1 is 1.56 bits per heavy atom. The van der Waals surface area contributed by atoms with Crippen molar-refractivity contribution < 1.29 is 14.3 Å². The second kappa shape index (κ2) is 4.74. The largest absolute Gasteiger partial charge is 0.496 e. The molecular formula is C11H12BrNO3. The summed E-state index contributed by atoms with van der Waals surface area (Å²) < 4.78 is 10.9. The zero-order valence-electron chi connectivity index (χ0n) is 8.83. The summed E-state index contributed by atoms with van der Waals surface area (Å²) in [6.45, 7) is 0.458. The number of alkyl carbamates (subject to hydrolysis) is 1. The highest BCUT2D eigenvalue weighted by molar-refractivity contribution is 9.10. The second-order valence-electron chi connectivity index (χ2n) is 3.52. The zero-order chi connectivity index (χ0) is 11.5. The van der Waals surface area contributed by atoms with Gasteiger partial charge in [-0.25, -0.2) is 4.79 Å². The lowest BCUT2D eigenvalue weighted by Gasteiger charge is -2.24. The minimum Gasteiger partial charge on any atom is -0.496 e. The maximum absolute atomic E-state index is 11.1. The number of rotatable bonds is 2. The number of cyclic esters (lactones) is 1. The van der Waals surface area contributed by atoms with Crippen molar-refractivity contribution in [1.82, 2.24) is 5.32 Å². The van der Waals surface area contributed by atoms with Crippen molar-refractivity contribution in [2.45, 2.75) is 12.5 Å². The highest BCUT2D eigenvalue weighted by Crippen LogP contribution is 2.29. The van der Waals surface area contributed by atoms with Crippen LogP contribution in [0.2, 0.25) is 0 Å². The number of halogens is 1. The molecule has 0 radical (unpaired) electrons. The molecular weight excluding hydrogens is 274 g/mol. The molecule has 0 spiro atoms. The molecule has 1 aromatic carbocycles. The average Bonchev–Trinajstić information content (AvgIpc) is 2.29. The van der Waals surface area contributed by atoms with Gasteiger partial charge in [0.1, 0.15) is 5.75 Å². The topological polar surface area (TPSA) is 47.6 Å². The summed E-state index contributed by atoms with van der Waals surface area (Å²) >= 11 is 3.42. The van der Waals surface area contributed by atoms with Crippen LogP contribution in [0.3, 0.4) is 0 Å². The molecule has 1 N–H and O–H groups in total. The van der Waals surface area contributed by atoms with E-state index in [1.165, 1.54) is 0 Å². The van der Waals surface area contributed by atoms with Gasteiger partial charge in [-0.2, -0.15) is 0 Å². The summed E-state index contributed by atoms with van der Waals surface area (Å²) in [4.78, 5) is 11.1. The molecule has 4 nitrogen and oxygen atoms in total. The number of nitrogens with one attached hydrogen (secondary N) is 1. The van der Waals surface area contributed by atoms with Crippen molar-refractivity contribution in [3.63, 3.8) is 0 Å². The van der Waals surface area contributed by atoms with Crippen molar-refractivity contribution in [1.29, 1.82) is 0 Å². The van der Waals surface area contributed by atoms with Gasteiger partial charge in [0.2, 0.25) is 0 Å². The number of carbonyl (C=O) groups excluding carboxylic acids is 1. The Kier molecular flexibility index (Phi) is 3.33. The van der Waals surface area contributed by atoms with Crippen molar-refractivity contribution in [3.8, 4) is 5.75 Å². The molecule has 1 atom stereocenters. The van der Waals surface area contributed by atoms with Gasteiger partial charge in [-0.15, -0.1) is 0 Å². The zero-order valence-corrected chi connectivity index (χ0v) is 10.4. The normalized spacial score (nSPS) is 19.9. The highest BCUT2D eigenvalue weighted by Gasteiger charge is 2.21. The van der Waals surface area contributed by atoms with Crippen LogP contribution in [0.5, 0.6) is 5.75 Å². The van der Waals surface area contributed by atoms with Crippen LogP contribution in [0.15, 0.2) is 22.7 Å². The van der Waals surface area contributed by atoms with E-state index in [-0.39, 0.29) is 12.1 Å². The van der Waals surface area contributed by atoms with E-state index in [0.29, 0.717) is 6.61 Å². The molecule has 1 heterocycles. The summed E-state index contributed by atoms with van der Waals surface area (Å²) in [5.74, 6) is 0.780. The lowest BCUT2D eigenvalue weighted by molar-refractivity contribution is 0.115. The van der Waals surface area contributed by atoms with Gasteiger partial charge in [-0.05, 0) is 33.6 Å². The van der Waals surface area contributed by atoms with Crippen molar-refractivity contribution in [2.24, 2.45) is 0 Å². The maximum Gasteiger partial charge on any atom is 0.407 e. The first-order valence-electron chi connectivity index (χ1n) is 4.97. The molecule has 16 heavy (non-hydrogen) atoms. The summed E-state index contributed by atoms with van der Waals surface area (Å²) in [5, 5.41) is 2.77. The summed E-state index contributed by atoms with van der Waals surface area (Å²) in [6, 6.07) is 5.79. The Morgan fingerprint density at radius 2 is 2.38 bits per heavy atom. The van der Waals surface area contributed by atoms with Gasteiger partial charge >= 0.3 is 6.09 Å². The Bertz CT molecular complexity index is 408. The van der Waals surface area contributed by atoms with Crippen LogP contribution < -0.4 is 10.1 Å². The average molecular weight is 286 g/mol. The van der Waals surface area contributed by atoms with E-state index in [0.717, 1.165) is 22.2 Å². The Hall–Kier alpha value is -1.23.